The fourth-order valence-corrected chi connectivity index (χ4v) is 30.3. The second-order valence-corrected chi connectivity index (χ2v) is 41.4. The van der Waals surface area contributed by atoms with Gasteiger partial charge in [0.25, 0.3) is 0 Å². The number of allylic oxidation sites excluding steroid dienone is 1. The quantitative estimate of drug-likeness (QED) is 0.0403. The third-order valence-corrected chi connectivity index (χ3v) is 35.5. The Morgan fingerprint density at radius 2 is 0.784 bits per heavy atom. The monoisotopic (exact) mass is 1610 g/mol. The van der Waals surface area contributed by atoms with Crippen molar-refractivity contribution in [2.75, 3.05) is 19.6 Å². The van der Waals surface area contributed by atoms with Crippen molar-refractivity contribution in [1.82, 2.24) is 0 Å². The number of Topliss-reactive ketones (excluding diaryl/α,β-unsaturated/α-hetero) is 4. The molecule has 3 aliphatic heterocycles. The molecular formula is C88H139Cl2NaO20. The summed E-state index contributed by atoms with van der Waals surface area (Å²) in [5, 5.41) is 90.5. The Morgan fingerprint density at radius 1 is 0.432 bits per heavy atom. The van der Waals surface area contributed by atoms with Crippen molar-refractivity contribution >= 4 is 52.3 Å². The normalized spacial score (nSPS) is 53.7. The minimum Gasteiger partial charge on any atom is -0.857 e. The van der Waals surface area contributed by atoms with Gasteiger partial charge >= 0.3 is 35.5 Å². The van der Waals surface area contributed by atoms with Crippen LogP contribution in [-0.2, 0) is 52.4 Å². The maximum absolute atomic E-state index is 12.8. The summed E-state index contributed by atoms with van der Waals surface area (Å²) in [5.74, 6) is 3.50. The standard InChI is InChI=1S/C22H32O4.C22H32O3.C21H32O6.C19H30O5.CH2Cl2.CH4O.CH3O.CH4.Na/c1-20(2)25-18-15-11-5-6-14(23)21(11,3)9-7-12(15)22(4)10-8-13-17(24-13)16(22)19(18)26-20;1-20(2)24-18-15-7-5-6-11-21(15,3)14-10-12-22(4)13(8-9-16(22)23)17(14)19(18)25-20;1-10(22)27-19-13(23)7-9-21(3)12-6-8-20(2)11(4-5-14(20)24)15(12)17(25)18(26)16(19)21;1-18-7-5-10-13(9(18)3-4-12(18)21)16(23)17(24)14-15(22)11(20)6-8-19(10,14)2;2-1-3;2*1-2;;/h11-13,15-19H,5-10H2,1-4H3;5,7,13-15,17-19H,6,8-12H2,1-4H3;11-13,15-19,23,25-26H,4-9H2,1-3H3;9-11,13-17,20,22-24H,3-8H2,1-2H3;1H2;2H,1H3;1H3;1H4;/q;;;;;;-1;;+1/t11?,12?,13-,15?,16?,17-,18-,19-,21+,22-;13?,14?,15?,17?,18-,19-,21-,22+;11?,12?,13-,15?,16?,17-,18-,19+,20+,21-;9?,10?,11-,13?,14?,15+,16-,17-,18+,19-;;;;;/m1111...../s1. The molecule has 0 aromatic rings. The molecule has 0 aromatic heterocycles. The van der Waals surface area contributed by atoms with Gasteiger partial charge in [0.15, 0.2) is 11.6 Å². The summed E-state index contributed by atoms with van der Waals surface area (Å²) in [6, 6.07) is 0. The zero-order chi connectivity index (χ0) is 79.5. The predicted molar refractivity (Wildman–Crippen MR) is 412 cm³/mol. The molecule has 16 aliphatic carbocycles. The summed E-state index contributed by atoms with van der Waals surface area (Å²) in [7, 11) is 1.75. The van der Waals surface area contributed by atoms with Crippen molar-refractivity contribution in [1.29, 1.82) is 0 Å². The zero-order valence-corrected chi connectivity index (χ0v) is 72.4. The summed E-state index contributed by atoms with van der Waals surface area (Å²) in [4.78, 5) is 62.0. The Bertz CT molecular complexity index is 3420. The van der Waals surface area contributed by atoms with Crippen LogP contribution in [0.25, 0.3) is 0 Å². The van der Waals surface area contributed by atoms with Gasteiger partial charge in [-0.3, -0.25) is 24.0 Å². The number of aliphatic hydroxyl groups is 8. The number of carbonyl (C=O) groups is 5. The summed E-state index contributed by atoms with van der Waals surface area (Å²) in [6.07, 6.45) is 20.2. The van der Waals surface area contributed by atoms with Crippen LogP contribution in [0, 0.1) is 138 Å². The fourth-order valence-electron chi connectivity index (χ4n) is 30.3. The number of ketones is 4. The van der Waals surface area contributed by atoms with Crippen LogP contribution in [-0.4, -0.2) is 187 Å². The van der Waals surface area contributed by atoms with E-state index in [-0.39, 0.29) is 146 Å². The van der Waals surface area contributed by atoms with Crippen LogP contribution < -0.4 is 34.7 Å². The van der Waals surface area contributed by atoms with E-state index in [0.29, 0.717) is 103 Å². The number of hydrogen-bond acceptors (Lipinski definition) is 20. The molecular weight excluding hydrogens is 1470 g/mol. The first-order valence-electron chi connectivity index (χ1n) is 42.3. The van der Waals surface area contributed by atoms with Crippen molar-refractivity contribution in [3.63, 3.8) is 0 Å². The first-order chi connectivity index (χ1) is 51.2. The predicted octanol–water partition coefficient (Wildman–Crippen LogP) is 8.18. The molecule has 0 radical (unpaired) electrons. The number of alkyl halides is 2. The van der Waals surface area contributed by atoms with Gasteiger partial charge in [0, 0.05) is 85.0 Å². The summed E-state index contributed by atoms with van der Waals surface area (Å²) < 4.78 is 37.7. The average Bonchev–Trinajstić information content (AvgIpc) is 1.60. The summed E-state index contributed by atoms with van der Waals surface area (Å²) in [6.45, 7) is 27.4. The smallest absolute Gasteiger partial charge is 0.857 e. The molecule has 19 aliphatic rings. The molecule has 0 aromatic carbocycles. The van der Waals surface area contributed by atoms with E-state index in [1.807, 2.05) is 13.8 Å². The SMILES string of the molecule is C.CC(=O)O[C@@H]1C2[C@@H](O)[C@H](O)C3C(CC[C@]4(C)C(=O)CCC34)[C@@]2(C)CC[C@H]1O.CC1(C)O[C@@H]2C3C(CC[C@]4(C)C(=O)CCC34)[C@@]3(C)CCC=CC3[C@H]2O1.CC1(C)O[C@@H]2C3C(CC[C@]4(C)C(=O)CCC34)[C@@]3(C)CC[C@H]4O[C@H]4C3[C@H]2O1.CO.C[C@]12CC[C@@H](O)[C@H](O)C1[C@@H](O)[C@H](O)C1C2CC[C@]2(C)C(=O)CCC12.C[O-].ClCCl.[Na+]. The number of hydrogen-bond donors (Lipinski definition) is 8. The van der Waals surface area contributed by atoms with Crippen LogP contribution >= 0.6 is 23.2 Å². The van der Waals surface area contributed by atoms with E-state index in [1.165, 1.54) is 45.4 Å². The number of carbonyl (C=O) groups excluding carboxylic acids is 5. The van der Waals surface area contributed by atoms with Gasteiger partial charge in [-0.2, -0.15) is 7.11 Å². The molecule has 23 heteroatoms. The molecule has 18 fully saturated rings. The van der Waals surface area contributed by atoms with E-state index in [4.69, 9.17) is 61.8 Å². The Morgan fingerprint density at radius 3 is 1.23 bits per heavy atom. The molecule has 8 N–H and O–H groups in total. The molecule has 3 heterocycles. The Balaban J connectivity index is 0.000000142. The van der Waals surface area contributed by atoms with Crippen LogP contribution in [0.5, 0.6) is 0 Å². The zero-order valence-electron chi connectivity index (χ0n) is 68.9. The summed E-state index contributed by atoms with van der Waals surface area (Å²) in [5.41, 5.74) is -1.08. The van der Waals surface area contributed by atoms with Crippen molar-refractivity contribution in [3.05, 3.63) is 12.2 Å². The largest absolute Gasteiger partial charge is 1.00 e. The molecule has 20 nitrogen and oxygen atoms in total. The first-order valence-corrected chi connectivity index (χ1v) is 43.4. The van der Waals surface area contributed by atoms with Crippen LogP contribution in [0.4, 0.5) is 0 Å². The van der Waals surface area contributed by atoms with E-state index in [2.05, 4.69) is 81.4 Å². The minimum atomic E-state index is -1.08. The van der Waals surface area contributed by atoms with Gasteiger partial charge < -0.3 is 74.4 Å². The third kappa shape index (κ3) is 14.3. The average molecular weight is 1610 g/mol. The first kappa shape index (κ1) is 90.7. The molecule has 16 unspecified atom stereocenters. The molecule has 19 rings (SSSR count). The maximum atomic E-state index is 12.8. The van der Waals surface area contributed by atoms with E-state index in [0.717, 1.165) is 104 Å². The number of rotatable bonds is 1. The fraction of sp³-hybridized carbons (Fsp3) is 0.920. The Kier molecular flexibility index (Phi) is 26.7. The van der Waals surface area contributed by atoms with Gasteiger partial charge in [0.05, 0.1) is 84.7 Å². The van der Waals surface area contributed by atoms with Gasteiger partial charge in [-0.05, 0) is 249 Å². The minimum absolute atomic E-state index is 0. The number of epoxide rings is 1. The maximum Gasteiger partial charge on any atom is 1.00 e. The second kappa shape index (κ2) is 32.7. The van der Waals surface area contributed by atoms with Gasteiger partial charge in [-0.25, -0.2) is 0 Å². The molecule has 15 saturated carbocycles. The van der Waals surface area contributed by atoms with Crippen molar-refractivity contribution in [3.8, 4) is 0 Å². The molecule has 111 heavy (non-hydrogen) atoms. The Hall–Kier alpha value is -1.09. The van der Waals surface area contributed by atoms with Gasteiger partial charge in [-0.1, -0.05) is 75.0 Å². The van der Waals surface area contributed by atoms with Crippen molar-refractivity contribution in [2.45, 2.75) is 349 Å². The molecule has 0 amide bonds. The molecule has 626 valence electrons. The van der Waals surface area contributed by atoms with E-state index < -0.39 is 83.6 Å². The van der Waals surface area contributed by atoms with E-state index in [9.17, 15) is 59.7 Å². The second-order valence-electron chi connectivity index (χ2n) is 40.6. The third-order valence-electron chi connectivity index (χ3n) is 35.5. The number of fused-ring (bicyclic) bond motifs is 28. The number of ether oxygens (including phenoxy) is 6. The number of aliphatic hydroxyl groups excluding tert-OH is 8. The molecule has 3 saturated heterocycles. The molecule has 38 atom stereocenters. The molecule has 0 spiro atoms. The van der Waals surface area contributed by atoms with Gasteiger partial charge in [-0.15, -0.1) is 23.2 Å². The van der Waals surface area contributed by atoms with Crippen LogP contribution in [0.15, 0.2) is 12.2 Å². The van der Waals surface area contributed by atoms with E-state index >= 15 is 0 Å². The molecule has 0 bridgehead atoms. The topological polar surface area (TPSA) is 329 Å². The van der Waals surface area contributed by atoms with Crippen LogP contribution in [0.1, 0.15) is 252 Å². The van der Waals surface area contributed by atoms with E-state index in [1.54, 1.807) is 0 Å². The van der Waals surface area contributed by atoms with Crippen molar-refractivity contribution < 1.29 is 128 Å². The van der Waals surface area contributed by atoms with Crippen LogP contribution in [0.2, 0.25) is 0 Å². The number of halogens is 2. The van der Waals surface area contributed by atoms with Crippen molar-refractivity contribution in [2.24, 2.45) is 138 Å². The van der Waals surface area contributed by atoms with Gasteiger partial charge in [0.2, 0.25) is 0 Å². The Labute approximate surface area is 693 Å². The van der Waals surface area contributed by atoms with Gasteiger partial charge in [0.1, 0.15) is 29.2 Å². The summed E-state index contributed by atoms with van der Waals surface area (Å²) >= 11 is 9.53. The van der Waals surface area contributed by atoms with Crippen LogP contribution in [0.3, 0.4) is 0 Å². The number of esters is 1.